The van der Waals surface area contributed by atoms with Crippen molar-refractivity contribution in [2.75, 3.05) is 6.54 Å². The first-order valence-corrected chi connectivity index (χ1v) is 3.56. The molecule has 1 aliphatic rings. The molecule has 1 saturated heterocycles. The molecule has 0 aromatic rings. The van der Waals surface area contributed by atoms with E-state index in [0.29, 0.717) is 12.1 Å². The zero-order valence-corrected chi connectivity index (χ0v) is 6.33. The van der Waals surface area contributed by atoms with E-state index in [4.69, 9.17) is 5.11 Å². The molecule has 0 amide bonds. The second kappa shape index (κ2) is 2.27. The molecule has 4 atom stereocenters. The Morgan fingerprint density at radius 1 is 1.56 bits per heavy atom. The fourth-order valence-electron chi connectivity index (χ4n) is 1.10. The first kappa shape index (κ1) is 7.03. The van der Waals surface area contributed by atoms with Crippen molar-refractivity contribution >= 4 is 0 Å². The maximum atomic E-state index is 9.11. The smallest absolute Gasteiger partial charge is 0.0664 e. The molecule has 1 heterocycles. The molecular weight excluding hydrogens is 114 g/mol. The molecule has 1 fully saturated rings. The van der Waals surface area contributed by atoms with Crippen LogP contribution < -0.4 is 0 Å². The molecule has 2 heteroatoms. The van der Waals surface area contributed by atoms with Crippen LogP contribution in [0.25, 0.3) is 0 Å². The van der Waals surface area contributed by atoms with E-state index in [0.717, 1.165) is 6.54 Å². The van der Waals surface area contributed by atoms with E-state index in [9.17, 15) is 0 Å². The van der Waals surface area contributed by atoms with Crippen LogP contribution in [0.1, 0.15) is 20.8 Å². The largest absolute Gasteiger partial charge is 0.392 e. The summed E-state index contributed by atoms with van der Waals surface area (Å²) in [5.74, 6) is 0. The summed E-state index contributed by atoms with van der Waals surface area (Å²) in [4.78, 5) is 2.28. The molecule has 1 aliphatic heterocycles. The Balaban J connectivity index is 2.27. The number of hydrogen-bond donors (Lipinski definition) is 1. The van der Waals surface area contributed by atoms with Crippen molar-refractivity contribution in [3.05, 3.63) is 0 Å². The summed E-state index contributed by atoms with van der Waals surface area (Å²) in [6.45, 7) is 7.24. The highest BCUT2D eigenvalue weighted by atomic mass is 16.3. The monoisotopic (exact) mass is 129 g/mol. The van der Waals surface area contributed by atoms with Gasteiger partial charge in [0.15, 0.2) is 0 Å². The first-order valence-electron chi connectivity index (χ1n) is 3.56. The van der Waals surface area contributed by atoms with Gasteiger partial charge in [0.25, 0.3) is 0 Å². The quantitative estimate of drug-likeness (QED) is 0.547. The lowest BCUT2D eigenvalue weighted by Gasteiger charge is -2.15. The number of nitrogens with zero attached hydrogens (tertiary/aromatic N) is 1. The van der Waals surface area contributed by atoms with Gasteiger partial charge in [-0.25, -0.2) is 0 Å². The van der Waals surface area contributed by atoms with Crippen molar-refractivity contribution in [2.24, 2.45) is 0 Å². The molecule has 4 unspecified atom stereocenters. The summed E-state index contributed by atoms with van der Waals surface area (Å²) in [6.07, 6.45) is -0.185. The van der Waals surface area contributed by atoms with Crippen LogP contribution in [0.2, 0.25) is 0 Å². The SMILES string of the molecule is CC(O)C(C)N1CC1C. The zero-order valence-electron chi connectivity index (χ0n) is 6.33. The average molecular weight is 129 g/mol. The van der Waals surface area contributed by atoms with Gasteiger partial charge in [0.2, 0.25) is 0 Å². The van der Waals surface area contributed by atoms with Gasteiger partial charge in [-0.05, 0) is 20.8 Å². The summed E-state index contributed by atoms with van der Waals surface area (Å²) in [5, 5.41) is 9.11. The van der Waals surface area contributed by atoms with Gasteiger partial charge in [-0.1, -0.05) is 0 Å². The van der Waals surface area contributed by atoms with Gasteiger partial charge in [0.1, 0.15) is 0 Å². The molecule has 0 radical (unpaired) electrons. The van der Waals surface area contributed by atoms with Crippen molar-refractivity contribution in [3.8, 4) is 0 Å². The molecule has 9 heavy (non-hydrogen) atoms. The van der Waals surface area contributed by atoms with E-state index < -0.39 is 0 Å². The van der Waals surface area contributed by atoms with E-state index in [1.54, 1.807) is 0 Å². The van der Waals surface area contributed by atoms with Crippen molar-refractivity contribution in [3.63, 3.8) is 0 Å². The zero-order chi connectivity index (χ0) is 7.02. The lowest BCUT2D eigenvalue weighted by molar-refractivity contribution is 0.122. The molecule has 0 spiro atoms. The third-order valence-electron chi connectivity index (χ3n) is 2.13. The lowest BCUT2D eigenvalue weighted by Crippen LogP contribution is -2.28. The summed E-state index contributed by atoms with van der Waals surface area (Å²) < 4.78 is 0. The highest BCUT2D eigenvalue weighted by molar-refractivity contribution is 4.90. The minimum atomic E-state index is -0.185. The van der Waals surface area contributed by atoms with Gasteiger partial charge in [-0.15, -0.1) is 0 Å². The van der Waals surface area contributed by atoms with Gasteiger partial charge < -0.3 is 5.11 Å². The molecule has 0 saturated carbocycles. The Kier molecular flexibility index (Phi) is 1.78. The molecule has 0 aromatic heterocycles. The van der Waals surface area contributed by atoms with E-state index in [1.807, 2.05) is 6.92 Å². The topological polar surface area (TPSA) is 23.2 Å². The fourth-order valence-corrected chi connectivity index (χ4v) is 1.10. The minimum absolute atomic E-state index is 0.185. The van der Waals surface area contributed by atoms with Crippen LogP contribution in [0, 0.1) is 0 Å². The van der Waals surface area contributed by atoms with Crippen LogP contribution in [0.4, 0.5) is 0 Å². The van der Waals surface area contributed by atoms with Crippen molar-refractivity contribution in [1.29, 1.82) is 0 Å². The molecule has 1 rings (SSSR count). The van der Waals surface area contributed by atoms with Crippen LogP contribution >= 0.6 is 0 Å². The third-order valence-corrected chi connectivity index (χ3v) is 2.13. The van der Waals surface area contributed by atoms with Crippen LogP contribution in [0.15, 0.2) is 0 Å². The van der Waals surface area contributed by atoms with E-state index in [-0.39, 0.29) is 6.10 Å². The summed E-state index contributed by atoms with van der Waals surface area (Å²) in [5.41, 5.74) is 0. The first-order chi connectivity index (χ1) is 4.13. The fraction of sp³-hybridized carbons (Fsp3) is 1.00. The van der Waals surface area contributed by atoms with Crippen LogP contribution in [-0.2, 0) is 0 Å². The lowest BCUT2D eigenvalue weighted by atomic mass is 10.2. The molecule has 1 N–H and O–H groups in total. The highest BCUT2D eigenvalue weighted by Gasteiger charge is 2.35. The van der Waals surface area contributed by atoms with Crippen LogP contribution in [-0.4, -0.2) is 34.7 Å². The average Bonchev–Trinajstić information content (AvgIpc) is 2.44. The van der Waals surface area contributed by atoms with Crippen molar-refractivity contribution < 1.29 is 5.11 Å². The number of rotatable bonds is 2. The van der Waals surface area contributed by atoms with Gasteiger partial charge in [-0.3, -0.25) is 4.90 Å². The van der Waals surface area contributed by atoms with Gasteiger partial charge >= 0.3 is 0 Å². The Bertz CT molecular complexity index is 103. The Morgan fingerprint density at radius 2 is 2.00 bits per heavy atom. The molecular formula is C7H15NO. The standard InChI is InChI=1S/C7H15NO/c1-5-4-8(5)6(2)7(3)9/h5-7,9H,4H2,1-3H3. The predicted molar refractivity (Wildman–Crippen MR) is 37.3 cm³/mol. The second-order valence-corrected chi connectivity index (χ2v) is 3.03. The molecule has 0 aliphatic carbocycles. The van der Waals surface area contributed by atoms with E-state index in [2.05, 4.69) is 18.7 Å². The third kappa shape index (κ3) is 1.43. The normalized spacial score (nSPS) is 40.0. The van der Waals surface area contributed by atoms with Crippen molar-refractivity contribution in [1.82, 2.24) is 4.90 Å². The van der Waals surface area contributed by atoms with Gasteiger partial charge in [0.05, 0.1) is 6.10 Å². The number of hydrogen-bond acceptors (Lipinski definition) is 2. The summed E-state index contributed by atoms with van der Waals surface area (Å²) in [7, 11) is 0. The van der Waals surface area contributed by atoms with Crippen LogP contribution in [0.5, 0.6) is 0 Å². The number of aliphatic hydroxyl groups excluding tert-OH is 1. The number of aliphatic hydroxyl groups is 1. The Morgan fingerprint density at radius 3 is 2.11 bits per heavy atom. The molecule has 0 aromatic carbocycles. The predicted octanol–water partition coefficient (Wildman–Crippen LogP) is 0.460. The summed E-state index contributed by atoms with van der Waals surface area (Å²) in [6, 6.07) is 1.05. The van der Waals surface area contributed by atoms with E-state index in [1.165, 1.54) is 0 Å². The van der Waals surface area contributed by atoms with Gasteiger partial charge in [0, 0.05) is 18.6 Å². The minimum Gasteiger partial charge on any atom is -0.392 e. The van der Waals surface area contributed by atoms with Crippen molar-refractivity contribution in [2.45, 2.75) is 39.0 Å². The highest BCUT2D eigenvalue weighted by Crippen LogP contribution is 2.21. The maximum absolute atomic E-state index is 9.11. The Hall–Kier alpha value is -0.0800. The maximum Gasteiger partial charge on any atom is 0.0664 e. The second-order valence-electron chi connectivity index (χ2n) is 3.03. The Labute approximate surface area is 56.5 Å². The van der Waals surface area contributed by atoms with Gasteiger partial charge in [-0.2, -0.15) is 0 Å². The molecule has 54 valence electrons. The summed E-state index contributed by atoms with van der Waals surface area (Å²) >= 11 is 0. The van der Waals surface area contributed by atoms with E-state index >= 15 is 0 Å². The van der Waals surface area contributed by atoms with Crippen LogP contribution in [0.3, 0.4) is 0 Å². The molecule has 0 bridgehead atoms. The molecule has 2 nitrogen and oxygen atoms in total.